The highest BCUT2D eigenvalue weighted by molar-refractivity contribution is 5.87. The Morgan fingerprint density at radius 1 is 0.909 bits per heavy atom. The van der Waals surface area contributed by atoms with Crippen LogP contribution in [-0.2, 0) is 9.53 Å². The van der Waals surface area contributed by atoms with Crippen LogP contribution in [0.2, 0.25) is 0 Å². The summed E-state index contributed by atoms with van der Waals surface area (Å²) in [6, 6.07) is 4.51. The van der Waals surface area contributed by atoms with Gasteiger partial charge in [0, 0.05) is 18.1 Å². The van der Waals surface area contributed by atoms with Crippen LogP contribution in [0.3, 0.4) is 0 Å². The Morgan fingerprint density at radius 2 is 1.66 bits per heavy atom. The maximum absolute atomic E-state index is 13.0. The molecule has 1 aromatic carbocycles. The van der Waals surface area contributed by atoms with E-state index in [4.69, 9.17) is 4.74 Å². The Hall–Kier alpha value is -2.27. The number of esters is 1. The highest BCUT2D eigenvalue weighted by atomic mass is 16.5. The molecule has 5 saturated carbocycles. The summed E-state index contributed by atoms with van der Waals surface area (Å²) in [5.41, 5.74) is 2.61. The van der Waals surface area contributed by atoms with E-state index in [-0.39, 0.29) is 50.6 Å². The van der Waals surface area contributed by atoms with Crippen molar-refractivity contribution in [1.29, 1.82) is 0 Å². The molecule has 5 fully saturated rings. The number of phenolic OH excluding ortho intramolecular Hbond substituents is 2. The molecule has 0 aromatic heterocycles. The summed E-state index contributed by atoms with van der Waals surface area (Å²) in [4.78, 5) is 13.0. The maximum Gasteiger partial charge on any atom is 0.331 e. The Kier molecular flexibility index (Phi) is 7.67. The van der Waals surface area contributed by atoms with Crippen molar-refractivity contribution in [2.45, 2.75) is 112 Å². The lowest BCUT2D eigenvalue weighted by atomic mass is 9.32. The Bertz CT molecular complexity index is 1350. The van der Waals surface area contributed by atoms with Crippen LogP contribution in [0.1, 0.15) is 111 Å². The second-order valence-electron chi connectivity index (χ2n) is 17.1. The topological polar surface area (TPSA) is 87.0 Å². The summed E-state index contributed by atoms with van der Waals surface area (Å²) in [6.45, 7) is 19.5. The number of carbonyl (C=O) groups is 1. The van der Waals surface area contributed by atoms with Crippen LogP contribution < -0.4 is 0 Å². The molecule has 1 aromatic rings. The molecule has 5 heteroatoms. The maximum atomic E-state index is 13.0. The fourth-order valence-electron chi connectivity index (χ4n) is 12.7. The van der Waals surface area contributed by atoms with E-state index in [9.17, 15) is 20.1 Å². The molecule has 5 aliphatic carbocycles. The van der Waals surface area contributed by atoms with Gasteiger partial charge in [0.05, 0.1) is 0 Å². The van der Waals surface area contributed by atoms with Gasteiger partial charge >= 0.3 is 5.97 Å². The predicted molar refractivity (Wildman–Crippen MR) is 175 cm³/mol. The molecule has 0 spiro atoms. The molecule has 0 unspecified atom stereocenters. The smallest absolute Gasteiger partial charge is 0.331 e. The Morgan fingerprint density at radius 3 is 2.34 bits per heavy atom. The van der Waals surface area contributed by atoms with E-state index in [0.29, 0.717) is 41.8 Å². The average Bonchev–Trinajstić information content (AvgIpc) is 3.36. The SMILES string of the molecule is C=C(C)[C@H]1CC[C@@]2(CO)CC[C@@]3(C)[C@@H](CC[C@H]4[C@]5(C)CC[C@@H](OC(=O)/C=C/c6ccc(O)c(O)c6)C(C)(C)[C@H]5CC[C@@]43C)[C@H]12. The first-order chi connectivity index (χ1) is 20.6. The van der Waals surface area contributed by atoms with Gasteiger partial charge in [0.15, 0.2) is 11.5 Å². The molecule has 3 N–H and O–H groups in total. The normalized spacial score (nSPS) is 44.2. The average molecular weight is 605 g/mol. The van der Waals surface area contributed by atoms with Crippen molar-refractivity contribution in [3.05, 3.63) is 42.0 Å². The first-order valence-electron chi connectivity index (χ1n) is 17.3. The van der Waals surface area contributed by atoms with Crippen LogP contribution in [0.5, 0.6) is 11.5 Å². The number of hydrogen-bond acceptors (Lipinski definition) is 5. The molecule has 0 bridgehead atoms. The molecule has 0 amide bonds. The molecule has 6 rings (SSSR count). The second kappa shape index (κ2) is 10.6. The minimum Gasteiger partial charge on any atom is -0.504 e. The fourth-order valence-corrected chi connectivity index (χ4v) is 12.7. The van der Waals surface area contributed by atoms with E-state index in [1.54, 1.807) is 12.1 Å². The van der Waals surface area contributed by atoms with Crippen LogP contribution in [0, 0.1) is 56.7 Å². The van der Waals surface area contributed by atoms with Crippen molar-refractivity contribution in [2.75, 3.05) is 6.61 Å². The van der Waals surface area contributed by atoms with Crippen molar-refractivity contribution < 1.29 is 24.9 Å². The van der Waals surface area contributed by atoms with Crippen LogP contribution in [0.4, 0.5) is 0 Å². The van der Waals surface area contributed by atoms with Crippen molar-refractivity contribution >= 4 is 12.0 Å². The number of aliphatic hydroxyl groups excluding tert-OH is 1. The van der Waals surface area contributed by atoms with Gasteiger partial charge in [0.2, 0.25) is 0 Å². The number of phenols is 2. The molecule has 0 saturated heterocycles. The summed E-state index contributed by atoms with van der Waals surface area (Å²) >= 11 is 0. The first-order valence-corrected chi connectivity index (χ1v) is 17.3. The molecule has 0 heterocycles. The lowest BCUT2D eigenvalue weighted by Gasteiger charge is -2.73. The number of rotatable bonds is 5. The number of benzene rings is 1. The number of ether oxygens (including phenoxy) is 1. The molecule has 10 atom stereocenters. The third-order valence-electron chi connectivity index (χ3n) is 15.2. The molecular formula is C39H56O5. The van der Waals surface area contributed by atoms with E-state index < -0.39 is 0 Å². The van der Waals surface area contributed by atoms with Gasteiger partial charge in [-0.3, -0.25) is 0 Å². The van der Waals surface area contributed by atoms with Crippen LogP contribution >= 0.6 is 0 Å². The summed E-state index contributed by atoms with van der Waals surface area (Å²) in [5.74, 6) is 2.10. The quantitative estimate of drug-likeness (QED) is 0.135. The van der Waals surface area contributed by atoms with Gasteiger partial charge in [-0.2, -0.15) is 0 Å². The minimum absolute atomic E-state index is 0.0825. The van der Waals surface area contributed by atoms with Gasteiger partial charge in [-0.05, 0) is 146 Å². The molecule has 0 aliphatic heterocycles. The fraction of sp³-hybridized carbons (Fsp3) is 0.718. The number of aliphatic hydroxyl groups is 1. The summed E-state index contributed by atoms with van der Waals surface area (Å²) in [5, 5.41) is 30.2. The third kappa shape index (κ3) is 4.45. The number of fused-ring (bicyclic) bond motifs is 7. The zero-order valence-electron chi connectivity index (χ0n) is 28.0. The number of allylic oxidation sites excluding steroid dienone is 1. The predicted octanol–water partition coefficient (Wildman–Crippen LogP) is 8.67. The van der Waals surface area contributed by atoms with Crippen LogP contribution in [0.25, 0.3) is 6.08 Å². The number of hydrogen-bond donors (Lipinski definition) is 3. The van der Waals surface area contributed by atoms with Crippen molar-refractivity contribution in [2.24, 2.45) is 56.7 Å². The molecule has 5 nitrogen and oxygen atoms in total. The Balaban J connectivity index is 1.22. The summed E-state index contributed by atoms with van der Waals surface area (Å²) in [7, 11) is 0. The van der Waals surface area contributed by atoms with Gasteiger partial charge < -0.3 is 20.1 Å². The van der Waals surface area contributed by atoms with Crippen molar-refractivity contribution in [3.63, 3.8) is 0 Å². The van der Waals surface area contributed by atoms with Gasteiger partial charge in [0.25, 0.3) is 0 Å². The minimum atomic E-state index is -0.355. The van der Waals surface area contributed by atoms with Crippen molar-refractivity contribution in [1.82, 2.24) is 0 Å². The van der Waals surface area contributed by atoms with Gasteiger partial charge in [-0.1, -0.05) is 52.8 Å². The van der Waals surface area contributed by atoms with E-state index in [1.807, 2.05) is 0 Å². The molecule has 0 radical (unpaired) electrons. The van der Waals surface area contributed by atoms with Gasteiger partial charge in [-0.25, -0.2) is 4.79 Å². The number of aromatic hydroxyl groups is 2. The zero-order valence-corrected chi connectivity index (χ0v) is 28.0. The molecule has 5 aliphatic rings. The lowest BCUT2D eigenvalue weighted by molar-refractivity contribution is -0.251. The summed E-state index contributed by atoms with van der Waals surface area (Å²) < 4.78 is 6.18. The van der Waals surface area contributed by atoms with Crippen LogP contribution in [-0.4, -0.2) is 34.0 Å². The third-order valence-corrected chi connectivity index (χ3v) is 15.2. The highest BCUT2D eigenvalue weighted by Gasteiger charge is 2.71. The summed E-state index contributed by atoms with van der Waals surface area (Å²) in [6.07, 6.45) is 14.5. The molecule has 242 valence electrons. The largest absolute Gasteiger partial charge is 0.504 e. The lowest BCUT2D eigenvalue weighted by Crippen LogP contribution is -2.67. The van der Waals surface area contributed by atoms with Crippen LogP contribution in [0.15, 0.2) is 36.4 Å². The standard InChI is InChI=1S/C39H56O5/c1-24(2)26-14-19-39(23-40)21-20-37(6)27(34(26)39)10-12-31-36(5)17-16-32(35(3,4)30(36)15-18-38(31,37)7)44-33(43)13-9-25-8-11-28(41)29(42)22-25/h8-9,11,13,22,26-27,30-32,34,40-42H,1,10,12,14-21,23H2,2-7H3/b13-9+/t26-,27+,30-,31+,32-,34+,36-,37+,38+,39+/m1/s1. The van der Waals surface area contributed by atoms with E-state index in [2.05, 4.69) is 48.1 Å². The van der Waals surface area contributed by atoms with Crippen molar-refractivity contribution in [3.8, 4) is 11.5 Å². The van der Waals surface area contributed by atoms with E-state index in [0.717, 1.165) is 32.1 Å². The van der Waals surface area contributed by atoms with Gasteiger partial charge in [-0.15, -0.1) is 0 Å². The van der Waals surface area contributed by atoms with Gasteiger partial charge in [0.1, 0.15) is 6.10 Å². The molecule has 44 heavy (non-hydrogen) atoms. The highest BCUT2D eigenvalue weighted by Crippen LogP contribution is 2.77. The van der Waals surface area contributed by atoms with E-state index >= 15 is 0 Å². The van der Waals surface area contributed by atoms with E-state index in [1.165, 1.54) is 55.9 Å². The zero-order chi connectivity index (χ0) is 31.9. The Labute approximate surface area is 265 Å². The molecular weight excluding hydrogens is 548 g/mol. The second-order valence-corrected chi connectivity index (χ2v) is 17.1. The monoisotopic (exact) mass is 604 g/mol. The number of carbonyl (C=O) groups excluding carboxylic acids is 1. The first kappa shape index (κ1) is 31.7.